The maximum Gasteiger partial charge on any atom is 0.410 e. The zero-order valence-corrected chi connectivity index (χ0v) is 17.9. The molecule has 0 radical (unpaired) electrons. The van der Waals surface area contributed by atoms with E-state index in [9.17, 15) is 13.2 Å². The average Bonchev–Trinajstić information content (AvgIpc) is 3.11. The van der Waals surface area contributed by atoms with Crippen LogP contribution in [0.2, 0.25) is 0 Å². The Hall–Kier alpha value is -1.68. The molecule has 1 aromatic rings. The van der Waals surface area contributed by atoms with Crippen molar-refractivity contribution in [2.24, 2.45) is 0 Å². The van der Waals surface area contributed by atoms with Crippen molar-refractivity contribution in [3.63, 3.8) is 0 Å². The summed E-state index contributed by atoms with van der Waals surface area (Å²) in [5.74, 6) is -0.687. The summed E-state index contributed by atoms with van der Waals surface area (Å²) in [6.45, 7) is 4.46. The molecule has 0 aromatic heterocycles. The molecular formula is C20H29NO7S. The molecule has 2 aliphatic rings. The molecule has 29 heavy (non-hydrogen) atoms. The van der Waals surface area contributed by atoms with Gasteiger partial charge >= 0.3 is 6.09 Å². The monoisotopic (exact) mass is 427 g/mol. The Morgan fingerprint density at radius 1 is 1.21 bits per heavy atom. The van der Waals surface area contributed by atoms with Crippen LogP contribution in [0.3, 0.4) is 0 Å². The van der Waals surface area contributed by atoms with Crippen molar-refractivity contribution >= 4 is 16.2 Å². The number of fused-ring (bicyclic) bond motifs is 1. The third kappa shape index (κ3) is 6.15. The number of benzene rings is 1. The SMILES string of the molecule is CC1(C)O[C@@H]2[C@@H](CN(C(=O)OCc3ccccc3)[C@H]2CCCCOS(C)(=O)=O)O1. The highest BCUT2D eigenvalue weighted by atomic mass is 32.2. The predicted octanol–water partition coefficient (Wildman–Crippen LogP) is 2.67. The molecule has 8 nitrogen and oxygen atoms in total. The topological polar surface area (TPSA) is 91.4 Å². The zero-order valence-electron chi connectivity index (χ0n) is 17.1. The second-order valence-corrected chi connectivity index (χ2v) is 9.56. The van der Waals surface area contributed by atoms with E-state index in [0.29, 0.717) is 25.8 Å². The van der Waals surface area contributed by atoms with Gasteiger partial charge in [-0.15, -0.1) is 0 Å². The molecule has 1 aromatic carbocycles. The molecule has 2 saturated heterocycles. The van der Waals surface area contributed by atoms with E-state index in [0.717, 1.165) is 11.8 Å². The molecule has 162 valence electrons. The third-order valence-corrected chi connectivity index (χ3v) is 5.60. The normalized spacial score (nSPS) is 25.8. The first-order valence-electron chi connectivity index (χ1n) is 9.82. The molecule has 1 amide bonds. The number of unbranched alkanes of at least 4 members (excludes halogenated alkanes) is 1. The highest BCUT2D eigenvalue weighted by Gasteiger charge is 2.53. The standard InChI is InChI=1S/C20H29NO7S/c1-20(2)27-17-13-21(19(22)25-14-15-9-5-4-6-10-15)16(18(17)28-20)11-7-8-12-26-29(3,23)24/h4-6,9-10,16-18H,7-8,11-14H2,1-3H3/t16-,17+,18-/m0/s1. The predicted molar refractivity (Wildman–Crippen MR) is 106 cm³/mol. The lowest BCUT2D eigenvalue weighted by molar-refractivity contribution is -0.160. The molecular weight excluding hydrogens is 398 g/mol. The molecule has 2 fully saturated rings. The molecule has 0 N–H and O–H groups in total. The summed E-state index contributed by atoms with van der Waals surface area (Å²) >= 11 is 0. The summed E-state index contributed by atoms with van der Waals surface area (Å²) < 4.78 is 44.4. The second kappa shape index (κ2) is 8.99. The minimum atomic E-state index is -3.44. The number of hydrogen-bond donors (Lipinski definition) is 0. The van der Waals surface area contributed by atoms with Gasteiger partial charge < -0.3 is 14.2 Å². The van der Waals surface area contributed by atoms with Crippen LogP contribution >= 0.6 is 0 Å². The lowest BCUT2D eigenvalue weighted by Crippen LogP contribution is -2.42. The van der Waals surface area contributed by atoms with E-state index in [1.54, 1.807) is 4.90 Å². The smallest absolute Gasteiger partial charge is 0.410 e. The van der Waals surface area contributed by atoms with Gasteiger partial charge in [0.25, 0.3) is 10.1 Å². The fourth-order valence-electron chi connectivity index (χ4n) is 3.84. The van der Waals surface area contributed by atoms with Crippen LogP contribution in [0.1, 0.15) is 38.7 Å². The van der Waals surface area contributed by atoms with Crippen molar-refractivity contribution in [3.8, 4) is 0 Å². The van der Waals surface area contributed by atoms with Gasteiger partial charge in [0, 0.05) is 0 Å². The van der Waals surface area contributed by atoms with Crippen LogP contribution in [0, 0.1) is 0 Å². The van der Waals surface area contributed by atoms with Crippen LogP contribution in [0.25, 0.3) is 0 Å². The summed E-state index contributed by atoms with van der Waals surface area (Å²) in [5, 5.41) is 0. The molecule has 0 spiro atoms. The first-order valence-corrected chi connectivity index (χ1v) is 11.6. The summed E-state index contributed by atoms with van der Waals surface area (Å²) in [6, 6.07) is 9.32. The third-order valence-electron chi connectivity index (χ3n) is 5.01. The Morgan fingerprint density at radius 3 is 2.62 bits per heavy atom. The Kier molecular flexibility index (Phi) is 6.83. The number of hydrogen-bond acceptors (Lipinski definition) is 7. The van der Waals surface area contributed by atoms with Crippen molar-refractivity contribution in [3.05, 3.63) is 35.9 Å². The molecule has 0 unspecified atom stereocenters. The fraction of sp³-hybridized carbons (Fsp3) is 0.650. The first kappa shape index (κ1) is 22.0. The number of carbonyl (C=O) groups excluding carboxylic acids is 1. The second-order valence-electron chi connectivity index (χ2n) is 7.92. The highest BCUT2D eigenvalue weighted by molar-refractivity contribution is 7.85. The Balaban J connectivity index is 1.58. The summed E-state index contributed by atoms with van der Waals surface area (Å²) in [5.41, 5.74) is 0.920. The number of nitrogens with zero attached hydrogens (tertiary/aromatic N) is 1. The van der Waals surface area contributed by atoms with Crippen molar-refractivity contribution in [2.75, 3.05) is 19.4 Å². The van der Waals surface area contributed by atoms with Gasteiger partial charge in [0.15, 0.2) is 5.79 Å². The lowest BCUT2D eigenvalue weighted by atomic mass is 10.0. The molecule has 0 bridgehead atoms. The van der Waals surface area contributed by atoms with Gasteiger partial charge in [-0.25, -0.2) is 4.79 Å². The quantitative estimate of drug-likeness (QED) is 0.465. The molecule has 0 aliphatic carbocycles. The van der Waals surface area contributed by atoms with Crippen molar-refractivity contribution in [1.29, 1.82) is 0 Å². The molecule has 0 saturated carbocycles. The number of carbonyl (C=O) groups is 1. The van der Waals surface area contributed by atoms with E-state index in [1.807, 2.05) is 44.2 Å². The molecule has 2 heterocycles. The molecule has 2 aliphatic heterocycles. The minimum Gasteiger partial charge on any atom is -0.445 e. The average molecular weight is 428 g/mol. The van der Waals surface area contributed by atoms with E-state index < -0.39 is 22.0 Å². The van der Waals surface area contributed by atoms with Gasteiger partial charge in [-0.2, -0.15) is 8.42 Å². The Morgan fingerprint density at radius 2 is 1.93 bits per heavy atom. The number of ether oxygens (including phenoxy) is 3. The van der Waals surface area contributed by atoms with E-state index in [4.69, 9.17) is 18.4 Å². The van der Waals surface area contributed by atoms with E-state index in [-0.39, 0.29) is 31.5 Å². The van der Waals surface area contributed by atoms with Gasteiger partial charge in [0.2, 0.25) is 0 Å². The van der Waals surface area contributed by atoms with Crippen molar-refractivity contribution in [2.45, 2.75) is 63.8 Å². The van der Waals surface area contributed by atoms with Crippen LogP contribution in [0.15, 0.2) is 30.3 Å². The van der Waals surface area contributed by atoms with Gasteiger partial charge in [-0.05, 0) is 38.7 Å². The van der Waals surface area contributed by atoms with E-state index in [1.165, 1.54) is 0 Å². The van der Waals surface area contributed by atoms with Crippen LogP contribution in [0.5, 0.6) is 0 Å². The maximum absolute atomic E-state index is 12.7. The summed E-state index contributed by atoms with van der Waals surface area (Å²) in [4.78, 5) is 14.4. The van der Waals surface area contributed by atoms with E-state index >= 15 is 0 Å². The van der Waals surface area contributed by atoms with E-state index in [2.05, 4.69) is 0 Å². The minimum absolute atomic E-state index is 0.126. The summed E-state index contributed by atoms with van der Waals surface area (Å²) in [6.07, 6.45) is 2.11. The highest BCUT2D eigenvalue weighted by Crippen LogP contribution is 2.38. The van der Waals surface area contributed by atoms with Crippen LogP contribution in [0.4, 0.5) is 4.79 Å². The van der Waals surface area contributed by atoms with Crippen LogP contribution < -0.4 is 0 Å². The number of likely N-dealkylation sites (tertiary alicyclic amines) is 1. The van der Waals surface area contributed by atoms with Crippen LogP contribution in [-0.2, 0) is 35.1 Å². The number of amides is 1. The molecule has 3 rings (SSSR count). The number of rotatable bonds is 8. The molecule has 9 heteroatoms. The van der Waals surface area contributed by atoms with Crippen molar-refractivity contribution in [1.82, 2.24) is 4.90 Å². The lowest BCUT2D eigenvalue weighted by Gasteiger charge is -2.29. The summed E-state index contributed by atoms with van der Waals surface area (Å²) in [7, 11) is -3.44. The Bertz CT molecular complexity index is 796. The van der Waals surface area contributed by atoms with Crippen molar-refractivity contribution < 1.29 is 31.6 Å². The van der Waals surface area contributed by atoms with Crippen LogP contribution in [-0.4, -0.2) is 62.9 Å². The largest absolute Gasteiger partial charge is 0.445 e. The van der Waals surface area contributed by atoms with Gasteiger partial charge in [0.1, 0.15) is 18.8 Å². The van der Waals surface area contributed by atoms with Gasteiger partial charge in [-0.1, -0.05) is 30.3 Å². The zero-order chi connectivity index (χ0) is 21.1. The first-order chi connectivity index (χ1) is 13.6. The Labute approximate surface area is 172 Å². The van der Waals surface area contributed by atoms with Gasteiger partial charge in [0.05, 0.1) is 25.4 Å². The maximum atomic E-state index is 12.7. The van der Waals surface area contributed by atoms with Gasteiger partial charge in [-0.3, -0.25) is 9.08 Å². The molecule has 3 atom stereocenters. The fourth-order valence-corrected chi connectivity index (χ4v) is 4.26.